The number of benzene rings is 2. The van der Waals surface area contributed by atoms with Gasteiger partial charge in [0.25, 0.3) is 0 Å². The van der Waals surface area contributed by atoms with Gasteiger partial charge in [-0.25, -0.2) is 4.79 Å². The molecule has 0 aliphatic rings. The second-order valence-electron chi connectivity index (χ2n) is 4.83. The molecule has 0 aliphatic carbocycles. The number of para-hydroxylation sites is 1. The number of carbonyl (C=O) groups excluding carboxylic acids is 2. The van der Waals surface area contributed by atoms with Crippen LogP contribution in [0.2, 0.25) is 10.0 Å². The highest BCUT2D eigenvalue weighted by atomic mass is 35.5. The summed E-state index contributed by atoms with van der Waals surface area (Å²) in [7, 11) is 1.30. The van der Waals surface area contributed by atoms with Crippen LogP contribution < -0.4 is 5.32 Å². The van der Waals surface area contributed by atoms with Crippen molar-refractivity contribution in [2.24, 2.45) is 0 Å². The normalized spacial score (nSPS) is 10.3. The number of hydrogen-bond donors (Lipinski definition) is 1. The lowest BCUT2D eigenvalue weighted by atomic mass is 10.2. The monoisotopic (exact) mass is 383 g/mol. The summed E-state index contributed by atoms with van der Waals surface area (Å²) in [5, 5.41) is 3.72. The van der Waals surface area contributed by atoms with E-state index in [0.717, 1.165) is 5.56 Å². The summed E-state index contributed by atoms with van der Waals surface area (Å²) in [6.07, 6.45) is 0. The van der Waals surface area contributed by atoms with Crippen molar-refractivity contribution in [2.45, 2.75) is 5.75 Å². The second kappa shape index (κ2) is 8.97. The Morgan fingerprint density at radius 1 is 1.12 bits per heavy atom. The molecule has 0 spiro atoms. The van der Waals surface area contributed by atoms with Gasteiger partial charge in [0.2, 0.25) is 5.91 Å². The van der Waals surface area contributed by atoms with Gasteiger partial charge in [0, 0.05) is 5.75 Å². The zero-order chi connectivity index (χ0) is 17.5. The zero-order valence-electron chi connectivity index (χ0n) is 12.8. The maximum absolute atomic E-state index is 12.1. The van der Waals surface area contributed by atoms with Crippen LogP contribution in [0.5, 0.6) is 0 Å². The van der Waals surface area contributed by atoms with E-state index in [9.17, 15) is 9.59 Å². The lowest BCUT2D eigenvalue weighted by Crippen LogP contribution is -2.17. The van der Waals surface area contributed by atoms with Crippen molar-refractivity contribution in [1.29, 1.82) is 0 Å². The highest BCUT2D eigenvalue weighted by Crippen LogP contribution is 2.25. The molecule has 4 nitrogen and oxygen atoms in total. The third-order valence-corrected chi connectivity index (χ3v) is 4.84. The van der Waals surface area contributed by atoms with Crippen molar-refractivity contribution in [1.82, 2.24) is 0 Å². The molecular formula is C17H15Cl2NO3S. The Kier molecular flexibility index (Phi) is 6.97. The molecule has 7 heteroatoms. The van der Waals surface area contributed by atoms with Gasteiger partial charge in [-0.3, -0.25) is 4.79 Å². The van der Waals surface area contributed by atoms with Gasteiger partial charge in [-0.15, -0.1) is 11.8 Å². The molecule has 0 atom stereocenters. The number of carbonyl (C=O) groups is 2. The van der Waals surface area contributed by atoms with Crippen LogP contribution in [0.15, 0.2) is 42.5 Å². The molecule has 1 amide bonds. The van der Waals surface area contributed by atoms with Crippen molar-refractivity contribution in [2.75, 3.05) is 18.2 Å². The molecule has 0 aromatic heterocycles. The standard InChI is InChI=1S/C17H15Cl2NO3S/c1-23-17(22)12-4-2-3-5-15(12)20-16(21)10-24-9-11-6-7-13(18)14(19)8-11/h2-8H,9-10H2,1H3,(H,20,21). The molecule has 0 bridgehead atoms. The summed E-state index contributed by atoms with van der Waals surface area (Å²) in [5.74, 6) is 0.185. The fraction of sp³-hybridized carbons (Fsp3) is 0.176. The van der Waals surface area contributed by atoms with E-state index in [4.69, 9.17) is 27.9 Å². The molecule has 2 rings (SSSR count). The van der Waals surface area contributed by atoms with Crippen molar-refractivity contribution < 1.29 is 14.3 Å². The molecule has 0 unspecified atom stereocenters. The Hall–Kier alpha value is -1.69. The second-order valence-corrected chi connectivity index (χ2v) is 6.63. The van der Waals surface area contributed by atoms with E-state index in [0.29, 0.717) is 27.0 Å². The number of rotatable bonds is 6. The average molecular weight is 384 g/mol. The fourth-order valence-electron chi connectivity index (χ4n) is 1.96. The van der Waals surface area contributed by atoms with Crippen LogP contribution in [0.25, 0.3) is 0 Å². The first-order valence-corrected chi connectivity index (χ1v) is 8.91. The molecule has 0 saturated carbocycles. The van der Waals surface area contributed by atoms with Crippen LogP contribution in [-0.4, -0.2) is 24.7 Å². The number of nitrogens with one attached hydrogen (secondary N) is 1. The first kappa shape index (κ1) is 18.6. The van der Waals surface area contributed by atoms with E-state index < -0.39 is 5.97 Å². The third kappa shape index (κ3) is 5.16. The zero-order valence-corrected chi connectivity index (χ0v) is 15.2. The van der Waals surface area contributed by atoms with Crippen LogP contribution in [0.4, 0.5) is 5.69 Å². The average Bonchev–Trinajstić information content (AvgIpc) is 2.58. The van der Waals surface area contributed by atoms with E-state index in [2.05, 4.69) is 5.32 Å². The van der Waals surface area contributed by atoms with E-state index in [-0.39, 0.29) is 11.7 Å². The summed E-state index contributed by atoms with van der Waals surface area (Å²) in [5.41, 5.74) is 1.74. The van der Waals surface area contributed by atoms with Crippen LogP contribution >= 0.6 is 35.0 Å². The summed E-state index contributed by atoms with van der Waals surface area (Å²) in [4.78, 5) is 23.7. The van der Waals surface area contributed by atoms with Gasteiger partial charge in [-0.1, -0.05) is 41.4 Å². The predicted octanol–water partition coefficient (Wildman–Crippen LogP) is 4.65. The van der Waals surface area contributed by atoms with Crippen molar-refractivity contribution in [3.63, 3.8) is 0 Å². The van der Waals surface area contributed by atoms with Gasteiger partial charge in [-0.2, -0.15) is 0 Å². The molecule has 0 radical (unpaired) electrons. The van der Waals surface area contributed by atoms with Crippen LogP contribution in [0.1, 0.15) is 15.9 Å². The van der Waals surface area contributed by atoms with Gasteiger partial charge < -0.3 is 10.1 Å². The topological polar surface area (TPSA) is 55.4 Å². The van der Waals surface area contributed by atoms with Crippen LogP contribution in [0.3, 0.4) is 0 Å². The SMILES string of the molecule is COC(=O)c1ccccc1NC(=O)CSCc1ccc(Cl)c(Cl)c1. The Bertz CT molecular complexity index is 752. The molecule has 0 aliphatic heterocycles. The van der Waals surface area contributed by atoms with E-state index in [1.54, 1.807) is 36.4 Å². The van der Waals surface area contributed by atoms with Crippen LogP contribution in [-0.2, 0) is 15.3 Å². The number of methoxy groups -OCH3 is 1. The van der Waals surface area contributed by atoms with Crippen molar-refractivity contribution in [3.8, 4) is 0 Å². The highest BCUT2D eigenvalue weighted by Gasteiger charge is 2.13. The predicted molar refractivity (Wildman–Crippen MR) is 99.0 cm³/mol. The Balaban J connectivity index is 1.90. The van der Waals surface area contributed by atoms with E-state index in [1.165, 1.54) is 18.9 Å². The van der Waals surface area contributed by atoms with Gasteiger partial charge in [0.1, 0.15) is 0 Å². The maximum Gasteiger partial charge on any atom is 0.339 e. The number of ether oxygens (including phenoxy) is 1. The number of hydrogen-bond acceptors (Lipinski definition) is 4. The first-order chi connectivity index (χ1) is 11.5. The Labute approximate surface area is 154 Å². The molecule has 2 aromatic carbocycles. The molecule has 2 aromatic rings. The Morgan fingerprint density at radius 2 is 1.88 bits per heavy atom. The number of esters is 1. The minimum absolute atomic E-state index is 0.198. The largest absolute Gasteiger partial charge is 0.465 e. The van der Waals surface area contributed by atoms with Crippen molar-refractivity contribution in [3.05, 3.63) is 63.6 Å². The Morgan fingerprint density at radius 3 is 2.58 bits per heavy atom. The summed E-state index contributed by atoms with van der Waals surface area (Å²) >= 11 is 13.3. The highest BCUT2D eigenvalue weighted by molar-refractivity contribution is 7.99. The molecule has 0 fully saturated rings. The minimum Gasteiger partial charge on any atom is -0.465 e. The minimum atomic E-state index is -0.491. The van der Waals surface area contributed by atoms with Gasteiger partial charge in [0.05, 0.1) is 34.2 Å². The van der Waals surface area contributed by atoms with Gasteiger partial charge in [0.15, 0.2) is 0 Å². The molecule has 126 valence electrons. The first-order valence-electron chi connectivity index (χ1n) is 7.00. The summed E-state index contributed by atoms with van der Waals surface area (Å²) < 4.78 is 4.70. The molecule has 24 heavy (non-hydrogen) atoms. The third-order valence-electron chi connectivity index (χ3n) is 3.09. The van der Waals surface area contributed by atoms with Gasteiger partial charge in [-0.05, 0) is 29.8 Å². The van der Waals surface area contributed by atoms with E-state index >= 15 is 0 Å². The number of halogens is 2. The number of amides is 1. The molecule has 0 heterocycles. The lowest BCUT2D eigenvalue weighted by molar-refractivity contribution is -0.113. The lowest BCUT2D eigenvalue weighted by Gasteiger charge is -2.09. The quantitative estimate of drug-likeness (QED) is 0.737. The van der Waals surface area contributed by atoms with Gasteiger partial charge >= 0.3 is 5.97 Å². The van der Waals surface area contributed by atoms with Crippen LogP contribution in [0, 0.1) is 0 Å². The number of anilines is 1. The van der Waals surface area contributed by atoms with Crippen molar-refractivity contribution >= 4 is 52.5 Å². The summed E-state index contributed by atoms with van der Waals surface area (Å²) in [6.45, 7) is 0. The van der Waals surface area contributed by atoms with E-state index in [1.807, 2.05) is 6.07 Å². The molecule has 1 N–H and O–H groups in total. The number of thioether (sulfide) groups is 1. The fourth-order valence-corrected chi connectivity index (χ4v) is 3.05. The molecular weight excluding hydrogens is 369 g/mol. The maximum atomic E-state index is 12.1. The smallest absolute Gasteiger partial charge is 0.339 e. The molecule has 0 saturated heterocycles. The summed E-state index contributed by atoms with van der Waals surface area (Å²) in [6, 6.07) is 12.1.